The van der Waals surface area contributed by atoms with Gasteiger partial charge in [-0.25, -0.2) is 4.79 Å². The van der Waals surface area contributed by atoms with Gasteiger partial charge in [0.25, 0.3) is 0 Å². The molecule has 0 radical (unpaired) electrons. The molecular weight excluding hydrogens is 296 g/mol. The molecular formula is C18H22O5. The molecule has 0 spiro atoms. The molecule has 1 aliphatic rings. The minimum atomic E-state index is -0.296. The second kappa shape index (κ2) is 6.72. The topological polar surface area (TPSA) is 57.9 Å². The normalized spacial score (nSPS) is 16.0. The smallest absolute Gasteiger partial charge is 0.339 e. The molecule has 23 heavy (non-hydrogen) atoms. The monoisotopic (exact) mass is 318 g/mol. The van der Waals surface area contributed by atoms with E-state index in [0.717, 1.165) is 41.9 Å². The lowest BCUT2D eigenvalue weighted by atomic mass is 10.0. The molecule has 0 atom stereocenters. The van der Waals surface area contributed by atoms with Crippen molar-refractivity contribution in [2.45, 2.75) is 39.9 Å². The summed E-state index contributed by atoms with van der Waals surface area (Å²) in [4.78, 5) is 11.9. The molecule has 3 rings (SSSR count). The van der Waals surface area contributed by atoms with E-state index in [1.54, 1.807) is 6.92 Å². The fourth-order valence-electron chi connectivity index (χ4n) is 2.77. The van der Waals surface area contributed by atoms with Crippen molar-refractivity contribution in [2.75, 3.05) is 19.8 Å². The highest BCUT2D eigenvalue weighted by atomic mass is 16.7. The van der Waals surface area contributed by atoms with Crippen LogP contribution in [0.15, 0.2) is 21.3 Å². The van der Waals surface area contributed by atoms with Crippen LogP contribution in [-0.2, 0) is 9.47 Å². The molecule has 2 aromatic rings. The van der Waals surface area contributed by atoms with Gasteiger partial charge in [0.15, 0.2) is 6.29 Å². The SMILES string of the molecule is Cc1cc(OCCC2OCCCO2)c2c(C)c(C)c(=O)oc2c1. The van der Waals surface area contributed by atoms with E-state index in [1.807, 2.05) is 26.0 Å². The fourth-order valence-corrected chi connectivity index (χ4v) is 2.77. The molecule has 0 saturated carbocycles. The number of aryl methyl sites for hydroxylation is 2. The van der Waals surface area contributed by atoms with Crippen LogP contribution in [0.1, 0.15) is 29.5 Å². The minimum Gasteiger partial charge on any atom is -0.493 e. The molecule has 5 heteroatoms. The van der Waals surface area contributed by atoms with Crippen LogP contribution >= 0.6 is 0 Å². The second-order valence-electron chi connectivity index (χ2n) is 5.94. The highest BCUT2D eigenvalue weighted by Crippen LogP contribution is 2.31. The Kier molecular flexibility index (Phi) is 4.68. The Morgan fingerprint density at radius 2 is 1.87 bits per heavy atom. The van der Waals surface area contributed by atoms with E-state index in [1.165, 1.54) is 0 Å². The van der Waals surface area contributed by atoms with Crippen molar-refractivity contribution in [2.24, 2.45) is 0 Å². The summed E-state index contributed by atoms with van der Waals surface area (Å²) in [7, 11) is 0. The van der Waals surface area contributed by atoms with Gasteiger partial charge in [-0.2, -0.15) is 0 Å². The van der Waals surface area contributed by atoms with Crippen molar-refractivity contribution in [3.05, 3.63) is 39.2 Å². The summed E-state index contributed by atoms with van der Waals surface area (Å²) >= 11 is 0. The van der Waals surface area contributed by atoms with Crippen LogP contribution < -0.4 is 10.4 Å². The zero-order valence-electron chi connectivity index (χ0n) is 13.8. The average Bonchev–Trinajstić information content (AvgIpc) is 2.53. The van der Waals surface area contributed by atoms with Gasteiger partial charge < -0.3 is 18.6 Å². The van der Waals surface area contributed by atoms with Crippen molar-refractivity contribution < 1.29 is 18.6 Å². The summed E-state index contributed by atoms with van der Waals surface area (Å²) < 4.78 is 22.4. The third-order valence-electron chi connectivity index (χ3n) is 4.16. The van der Waals surface area contributed by atoms with E-state index in [-0.39, 0.29) is 11.9 Å². The summed E-state index contributed by atoms with van der Waals surface area (Å²) in [5.74, 6) is 0.736. The predicted molar refractivity (Wildman–Crippen MR) is 87.1 cm³/mol. The van der Waals surface area contributed by atoms with E-state index in [2.05, 4.69) is 0 Å². The Morgan fingerprint density at radius 3 is 2.61 bits per heavy atom. The first kappa shape index (κ1) is 16.0. The molecule has 124 valence electrons. The predicted octanol–water partition coefficient (Wildman–Crippen LogP) is 3.25. The van der Waals surface area contributed by atoms with Crippen LogP contribution in [0.2, 0.25) is 0 Å². The molecule has 1 fully saturated rings. The highest BCUT2D eigenvalue weighted by Gasteiger charge is 2.16. The first-order valence-electron chi connectivity index (χ1n) is 7.97. The molecule has 0 amide bonds. The highest BCUT2D eigenvalue weighted by molar-refractivity contribution is 5.88. The quantitative estimate of drug-likeness (QED) is 0.810. The number of benzene rings is 1. The van der Waals surface area contributed by atoms with Gasteiger partial charge in [0.1, 0.15) is 11.3 Å². The van der Waals surface area contributed by atoms with Gasteiger partial charge in [0.2, 0.25) is 0 Å². The van der Waals surface area contributed by atoms with Crippen molar-refractivity contribution in [3.8, 4) is 5.75 Å². The lowest BCUT2D eigenvalue weighted by Gasteiger charge is -2.23. The van der Waals surface area contributed by atoms with E-state index >= 15 is 0 Å². The van der Waals surface area contributed by atoms with E-state index in [4.69, 9.17) is 18.6 Å². The first-order valence-corrected chi connectivity index (χ1v) is 7.97. The maximum atomic E-state index is 11.9. The standard InChI is InChI=1S/C18H22O5/c1-11-9-14(20-8-5-16-21-6-4-7-22-16)17-12(2)13(3)18(19)23-15(17)10-11/h9-10,16H,4-8H2,1-3H3. The fraction of sp³-hybridized carbons (Fsp3) is 0.500. The van der Waals surface area contributed by atoms with E-state index < -0.39 is 0 Å². The summed E-state index contributed by atoms with van der Waals surface area (Å²) in [6.45, 7) is 7.61. The van der Waals surface area contributed by atoms with Gasteiger partial charge in [0.05, 0.1) is 25.2 Å². The maximum Gasteiger partial charge on any atom is 0.339 e. The molecule has 0 N–H and O–H groups in total. The molecule has 1 saturated heterocycles. The van der Waals surface area contributed by atoms with E-state index in [9.17, 15) is 4.79 Å². The van der Waals surface area contributed by atoms with Crippen molar-refractivity contribution in [1.82, 2.24) is 0 Å². The van der Waals surface area contributed by atoms with Crippen molar-refractivity contribution in [1.29, 1.82) is 0 Å². The summed E-state index contributed by atoms with van der Waals surface area (Å²) in [5.41, 5.74) is 2.78. The summed E-state index contributed by atoms with van der Waals surface area (Å²) in [6.07, 6.45) is 1.42. The maximum absolute atomic E-state index is 11.9. The Morgan fingerprint density at radius 1 is 1.13 bits per heavy atom. The third-order valence-corrected chi connectivity index (χ3v) is 4.16. The number of fused-ring (bicyclic) bond motifs is 1. The van der Waals surface area contributed by atoms with Gasteiger partial charge in [-0.3, -0.25) is 0 Å². The van der Waals surface area contributed by atoms with Crippen molar-refractivity contribution >= 4 is 11.0 Å². The van der Waals surface area contributed by atoms with Gasteiger partial charge >= 0.3 is 5.63 Å². The van der Waals surface area contributed by atoms with Gasteiger partial charge in [0, 0.05) is 12.0 Å². The number of rotatable bonds is 4. The van der Waals surface area contributed by atoms with Crippen LogP contribution in [0, 0.1) is 20.8 Å². The van der Waals surface area contributed by atoms with Gasteiger partial charge in [-0.1, -0.05) is 0 Å². The van der Waals surface area contributed by atoms with E-state index in [0.29, 0.717) is 24.2 Å². The third kappa shape index (κ3) is 3.41. The Labute approximate surface area is 135 Å². The molecule has 1 aliphatic heterocycles. The molecule has 0 aliphatic carbocycles. The zero-order valence-corrected chi connectivity index (χ0v) is 13.8. The molecule has 1 aromatic carbocycles. The molecule has 2 heterocycles. The average molecular weight is 318 g/mol. The van der Waals surface area contributed by atoms with Crippen LogP contribution in [0.4, 0.5) is 0 Å². The Balaban J connectivity index is 1.84. The summed E-state index contributed by atoms with van der Waals surface area (Å²) in [6, 6.07) is 3.83. The van der Waals surface area contributed by atoms with Gasteiger partial charge in [-0.05, 0) is 50.5 Å². The largest absolute Gasteiger partial charge is 0.493 e. The van der Waals surface area contributed by atoms with Gasteiger partial charge in [-0.15, -0.1) is 0 Å². The van der Waals surface area contributed by atoms with Crippen LogP contribution in [0.5, 0.6) is 5.75 Å². The lowest BCUT2D eigenvalue weighted by Crippen LogP contribution is -2.26. The molecule has 1 aromatic heterocycles. The number of ether oxygens (including phenoxy) is 3. The zero-order chi connectivity index (χ0) is 16.4. The lowest BCUT2D eigenvalue weighted by molar-refractivity contribution is -0.183. The number of hydrogen-bond acceptors (Lipinski definition) is 5. The Hall–Kier alpha value is -1.85. The number of hydrogen-bond donors (Lipinski definition) is 0. The molecule has 0 unspecified atom stereocenters. The van der Waals surface area contributed by atoms with Crippen LogP contribution in [-0.4, -0.2) is 26.1 Å². The minimum absolute atomic E-state index is 0.194. The Bertz CT molecular complexity index is 756. The van der Waals surface area contributed by atoms with Crippen LogP contribution in [0.25, 0.3) is 11.0 Å². The second-order valence-corrected chi connectivity index (χ2v) is 5.94. The molecule has 5 nitrogen and oxygen atoms in total. The van der Waals surface area contributed by atoms with Crippen molar-refractivity contribution in [3.63, 3.8) is 0 Å². The summed E-state index contributed by atoms with van der Waals surface area (Å²) in [5, 5.41) is 0.859. The van der Waals surface area contributed by atoms with Crippen LogP contribution in [0.3, 0.4) is 0 Å². The molecule has 0 bridgehead atoms. The first-order chi connectivity index (χ1) is 11.1.